The van der Waals surface area contributed by atoms with Crippen molar-refractivity contribution >= 4 is 5.71 Å². The van der Waals surface area contributed by atoms with Crippen molar-refractivity contribution in [2.24, 2.45) is 10.9 Å². The molecular formula is C12H17N3O. The summed E-state index contributed by atoms with van der Waals surface area (Å²) in [5.74, 6) is 0. The second kappa shape index (κ2) is 5.61. The van der Waals surface area contributed by atoms with E-state index in [0.29, 0.717) is 12.6 Å². The highest BCUT2D eigenvalue weighted by molar-refractivity contribution is 5.84. The molecule has 2 rings (SSSR count). The molecule has 1 aromatic rings. The molecule has 0 aliphatic heterocycles. The van der Waals surface area contributed by atoms with E-state index < -0.39 is 0 Å². The molecule has 0 aromatic carbocycles. The summed E-state index contributed by atoms with van der Waals surface area (Å²) in [5.41, 5.74) is 7.84. The number of aromatic nitrogens is 1. The molecule has 0 unspecified atom stereocenters. The van der Waals surface area contributed by atoms with E-state index in [0.717, 1.165) is 37.1 Å². The van der Waals surface area contributed by atoms with Crippen molar-refractivity contribution in [3.8, 4) is 0 Å². The van der Waals surface area contributed by atoms with Crippen LogP contribution in [-0.2, 0) is 11.4 Å². The van der Waals surface area contributed by atoms with Crippen LogP contribution in [0.2, 0.25) is 0 Å². The molecule has 86 valence electrons. The molecule has 0 bridgehead atoms. The van der Waals surface area contributed by atoms with Gasteiger partial charge in [0.2, 0.25) is 0 Å². The van der Waals surface area contributed by atoms with Gasteiger partial charge in [-0.1, -0.05) is 11.2 Å². The molecule has 1 fully saturated rings. The zero-order chi connectivity index (χ0) is 11.2. The summed E-state index contributed by atoms with van der Waals surface area (Å²) in [7, 11) is 0. The van der Waals surface area contributed by atoms with Gasteiger partial charge in [0.05, 0.1) is 11.4 Å². The second-order valence-electron chi connectivity index (χ2n) is 4.09. The van der Waals surface area contributed by atoms with E-state index in [2.05, 4.69) is 10.1 Å². The van der Waals surface area contributed by atoms with Crippen molar-refractivity contribution < 1.29 is 4.84 Å². The van der Waals surface area contributed by atoms with Gasteiger partial charge in [0.25, 0.3) is 0 Å². The maximum atomic E-state index is 5.81. The van der Waals surface area contributed by atoms with Gasteiger partial charge < -0.3 is 10.6 Å². The first-order valence-electron chi connectivity index (χ1n) is 5.68. The van der Waals surface area contributed by atoms with Crippen LogP contribution < -0.4 is 5.73 Å². The van der Waals surface area contributed by atoms with Gasteiger partial charge in [-0.25, -0.2) is 0 Å². The van der Waals surface area contributed by atoms with Gasteiger partial charge in [-0.3, -0.25) is 4.98 Å². The van der Waals surface area contributed by atoms with Crippen molar-refractivity contribution in [2.45, 2.75) is 38.3 Å². The van der Waals surface area contributed by atoms with Gasteiger partial charge >= 0.3 is 0 Å². The van der Waals surface area contributed by atoms with Crippen LogP contribution in [0, 0.1) is 0 Å². The number of oxime groups is 1. The summed E-state index contributed by atoms with van der Waals surface area (Å²) in [4.78, 5) is 9.44. The molecule has 1 aromatic heterocycles. The lowest BCUT2D eigenvalue weighted by molar-refractivity contribution is 0.126. The third kappa shape index (κ3) is 3.31. The van der Waals surface area contributed by atoms with Crippen molar-refractivity contribution in [3.05, 3.63) is 30.1 Å². The number of nitrogens with two attached hydrogens (primary N) is 1. The van der Waals surface area contributed by atoms with Crippen molar-refractivity contribution in [2.75, 3.05) is 0 Å². The maximum absolute atomic E-state index is 5.81. The summed E-state index contributed by atoms with van der Waals surface area (Å²) >= 11 is 0. The van der Waals surface area contributed by atoms with Gasteiger partial charge in [-0.2, -0.15) is 0 Å². The number of rotatable bonds is 3. The molecule has 0 spiro atoms. The average Bonchev–Trinajstić information content (AvgIpc) is 2.33. The van der Waals surface area contributed by atoms with Crippen LogP contribution in [0.3, 0.4) is 0 Å². The fourth-order valence-corrected chi connectivity index (χ4v) is 1.74. The Balaban J connectivity index is 1.77. The van der Waals surface area contributed by atoms with Gasteiger partial charge in [-0.05, 0) is 37.8 Å². The van der Waals surface area contributed by atoms with E-state index >= 15 is 0 Å². The minimum atomic E-state index is 0.342. The van der Waals surface area contributed by atoms with E-state index in [1.165, 1.54) is 0 Å². The molecule has 4 heteroatoms. The smallest absolute Gasteiger partial charge is 0.159 e. The topological polar surface area (TPSA) is 60.5 Å². The Morgan fingerprint density at radius 3 is 2.88 bits per heavy atom. The standard InChI is InChI=1S/C12H17N3O/c13-10-4-6-11(7-5-10)15-16-9-12-3-1-2-8-14-12/h1-3,8,10H,4-7,9,13H2. The van der Waals surface area contributed by atoms with E-state index in [4.69, 9.17) is 10.6 Å². The first-order valence-corrected chi connectivity index (χ1v) is 5.68. The molecule has 1 aliphatic rings. The van der Waals surface area contributed by atoms with Crippen molar-refractivity contribution in [3.63, 3.8) is 0 Å². The molecule has 0 amide bonds. The van der Waals surface area contributed by atoms with E-state index in [9.17, 15) is 0 Å². The second-order valence-corrected chi connectivity index (χ2v) is 4.09. The zero-order valence-electron chi connectivity index (χ0n) is 9.30. The molecule has 0 saturated heterocycles. The van der Waals surface area contributed by atoms with Crippen LogP contribution in [-0.4, -0.2) is 16.7 Å². The Morgan fingerprint density at radius 2 is 2.19 bits per heavy atom. The number of pyridine rings is 1. The molecule has 1 saturated carbocycles. The summed E-state index contributed by atoms with van der Waals surface area (Å²) < 4.78 is 0. The summed E-state index contributed by atoms with van der Waals surface area (Å²) in [6.07, 6.45) is 5.72. The van der Waals surface area contributed by atoms with E-state index in [1.807, 2.05) is 18.2 Å². The minimum absolute atomic E-state index is 0.342. The quantitative estimate of drug-likeness (QED) is 0.789. The third-order valence-corrected chi connectivity index (χ3v) is 2.74. The molecule has 16 heavy (non-hydrogen) atoms. The van der Waals surface area contributed by atoms with Crippen LogP contribution in [0.1, 0.15) is 31.4 Å². The third-order valence-electron chi connectivity index (χ3n) is 2.74. The highest BCUT2D eigenvalue weighted by atomic mass is 16.6. The Bertz CT molecular complexity index is 341. The lowest BCUT2D eigenvalue weighted by atomic mass is 9.95. The fourth-order valence-electron chi connectivity index (χ4n) is 1.74. The first-order chi connectivity index (χ1) is 7.84. The lowest BCUT2D eigenvalue weighted by Crippen LogP contribution is -2.26. The van der Waals surface area contributed by atoms with Gasteiger partial charge in [0.15, 0.2) is 6.61 Å². The van der Waals surface area contributed by atoms with Gasteiger partial charge in [0, 0.05) is 12.2 Å². The molecule has 1 heterocycles. The molecular weight excluding hydrogens is 202 g/mol. The molecule has 4 nitrogen and oxygen atoms in total. The molecule has 0 radical (unpaired) electrons. The van der Waals surface area contributed by atoms with Crippen molar-refractivity contribution in [1.29, 1.82) is 0 Å². The Labute approximate surface area is 95.5 Å². The summed E-state index contributed by atoms with van der Waals surface area (Å²) in [5, 5.41) is 4.13. The Morgan fingerprint density at radius 1 is 1.38 bits per heavy atom. The predicted octanol–water partition coefficient (Wildman–Crippen LogP) is 1.86. The van der Waals surface area contributed by atoms with Crippen LogP contribution in [0.15, 0.2) is 29.6 Å². The van der Waals surface area contributed by atoms with Crippen LogP contribution >= 0.6 is 0 Å². The van der Waals surface area contributed by atoms with Gasteiger partial charge in [0.1, 0.15) is 0 Å². The van der Waals surface area contributed by atoms with Crippen LogP contribution in [0.5, 0.6) is 0 Å². The van der Waals surface area contributed by atoms with Crippen LogP contribution in [0.25, 0.3) is 0 Å². The van der Waals surface area contributed by atoms with Crippen LogP contribution in [0.4, 0.5) is 0 Å². The Kier molecular flexibility index (Phi) is 3.88. The number of hydrogen-bond acceptors (Lipinski definition) is 4. The minimum Gasteiger partial charge on any atom is -0.389 e. The summed E-state index contributed by atoms with van der Waals surface area (Å²) in [6.45, 7) is 0.441. The summed E-state index contributed by atoms with van der Waals surface area (Å²) in [6, 6.07) is 6.10. The maximum Gasteiger partial charge on any atom is 0.159 e. The Hall–Kier alpha value is -1.42. The lowest BCUT2D eigenvalue weighted by Gasteiger charge is -2.18. The van der Waals surface area contributed by atoms with Gasteiger partial charge in [-0.15, -0.1) is 0 Å². The van der Waals surface area contributed by atoms with Crippen molar-refractivity contribution in [1.82, 2.24) is 4.98 Å². The molecule has 1 aliphatic carbocycles. The highest BCUT2D eigenvalue weighted by Gasteiger charge is 2.13. The fraction of sp³-hybridized carbons (Fsp3) is 0.500. The highest BCUT2D eigenvalue weighted by Crippen LogP contribution is 2.14. The zero-order valence-corrected chi connectivity index (χ0v) is 9.30. The molecule has 0 atom stereocenters. The molecule has 2 N–H and O–H groups in total. The van der Waals surface area contributed by atoms with E-state index in [-0.39, 0.29) is 0 Å². The SMILES string of the molecule is NC1CCC(=NOCc2ccccn2)CC1. The number of nitrogens with zero attached hydrogens (tertiary/aromatic N) is 2. The average molecular weight is 219 g/mol. The predicted molar refractivity (Wildman–Crippen MR) is 62.9 cm³/mol. The number of hydrogen-bond donors (Lipinski definition) is 1. The first kappa shape index (κ1) is 11.1. The largest absolute Gasteiger partial charge is 0.389 e. The van der Waals surface area contributed by atoms with E-state index in [1.54, 1.807) is 6.20 Å². The monoisotopic (exact) mass is 219 g/mol. The normalized spacial score (nSPS) is 20.6.